The predicted octanol–water partition coefficient (Wildman–Crippen LogP) is 5.05. The van der Waals surface area contributed by atoms with Crippen LogP contribution in [0.5, 0.6) is 0 Å². The molecule has 1 aromatic heterocycles. The number of aromatic nitrogens is 2. The smallest absolute Gasteiger partial charge is 0.182 e. The van der Waals surface area contributed by atoms with Crippen molar-refractivity contribution in [2.75, 3.05) is 0 Å². The Bertz CT molecular complexity index is 859. The fourth-order valence-corrected chi connectivity index (χ4v) is 3.22. The predicted molar refractivity (Wildman–Crippen MR) is 90.6 cm³/mol. The molecule has 0 saturated heterocycles. The Balaban J connectivity index is 2.38. The summed E-state index contributed by atoms with van der Waals surface area (Å²) in [7, 11) is 0. The zero-order chi connectivity index (χ0) is 14.4. The van der Waals surface area contributed by atoms with E-state index in [-0.39, 0.29) is 5.82 Å². The Morgan fingerprint density at radius 3 is 2.40 bits per heavy atom. The summed E-state index contributed by atoms with van der Waals surface area (Å²) in [6.07, 6.45) is 0. The molecule has 3 aromatic rings. The van der Waals surface area contributed by atoms with Crippen LogP contribution >= 0.6 is 34.8 Å². The van der Waals surface area contributed by atoms with Crippen LogP contribution in [0.25, 0.3) is 16.7 Å². The number of H-pyrrole nitrogens is 1. The van der Waals surface area contributed by atoms with Crippen LogP contribution < -0.4 is 0 Å². The number of benzene rings is 2. The summed E-state index contributed by atoms with van der Waals surface area (Å²) in [6.45, 7) is 4.08. The van der Waals surface area contributed by atoms with Crippen molar-refractivity contribution in [3.05, 3.63) is 55.6 Å². The molecular weight excluding hydrogens is 386 g/mol. The van der Waals surface area contributed by atoms with E-state index in [9.17, 15) is 4.39 Å². The van der Waals surface area contributed by atoms with Crippen molar-refractivity contribution < 1.29 is 4.39 Å². The number of rotatable bonds is 1. The van der Waals surface area contributed by atoms with Gasteiger partial charge in [0.25, 0.3) is 0 Å². The number of hydrogen-bond donors (Lipinski definition) is 1. The fraction of sp³-hybridized carbons (Fsp3) is 0.133. The summed E-state index contributed by atoms with van der Waals surface area (Å²) < 4.78 is 16.9. The second-order valence-electron chi connectivity index (χ2n) is 4.89. The van der Waals surface area contributed by atoms with Crippen LogP contribution in [0.15, 0.2) is 30.3 Å². The average Bonchev–Trinajstić information content (AvgIpc) is 2.64. The third-order valence-corrected chi connectivity index (χ3v) is 4.30. The van der Waals surface area contributed by atoms with Gasteiger partial charge in [-0.05, 0) is 78.0 Å². The fourth-order valence-electron chi connectivity index (χ4n) is 2.44. The molecule has 0 aliphatic carbocycles. The van der Waals surface area contributed by atoms with E-state index >= 15 is 0 Å². The quantitative estimate of drug-likeness (QED) is 0.450. The molecule has 0 spiro atoms. The Hall–Kier alpha value is -1.21. The summed E-state index contributed by atoms with van der Waals surface area (Å²) >= 11 is 7.37. The van der Waals surface area contributed by atoms with Crippen LogP contribution in [0.1, 0.15) is 11.1 Å². The molecule has 2 nitrogen and oxygen atoms in total. The van der Waals surface area contributed by atoms with Crippen molar-refractivity contribution in [1.29, 1.82) is 0 Å². The highest BCUT2D eigenvalue weighted by Gasteiger charge is 2.10. The summed E-state index contributed by atoms with van der Waals surface area (Å²) in [4.78, 5) is 3.14. The van der Waals surface area contributed by atoms with Gasteiger partial charge in [-0.2, -0.15) is 0 Å². The molecule has 3 rings (SSSR count). The molecule has 0 fully saturated rings. The van der Waals surface area contributed by atoms with E-state index < -0.39 is 0 Å². The van der Waals surface area contributed by atoms with E-state index in [1.165, 1.54) is 6.07 Å². The Kier molecular flexibility index (Phi) is 3.41. The van der Waals surface area contributed by atoms with E-state index in [2.05, 4.69) is 11.1 Å². The van der Waals surface area contributed by atoms with Crippen molar-refractivity contribution in [1.82, 2.24) is 9.55 Å². The molecule has 0 atom stereocenters. The number of nitrogens with zero attached hydrogens (tertiary/aromatic N) is 1. The summed E-state index contributed by atoms with van der Waals surface area (Å²) in [5.74, 6) is -0.231. The first-order valence-corrected chi connectivity index (χ1v) is 7.63. The molecular formula is C15H12FIN2S. The molecule has 102 valence electrons. The highest BCUT2D eigenvalue weighted by Crippen LogP contribution is 2.24. The molecule has 0 saturated carbocycles. The molecule has 0 radical (unpaired) electrons. The minimum atomic E-state index is -0.231. The van der Waals surface area contributed by atoms with Gasteiger partial charge in [0.15, 0.2) is 4.77 Å². The van der Waals surface area contributed by atoms with Gasteiger partial charge in [-0.1, -0.05) is 6.07 Å². The maximum absolute atomic E-state index is 13.8. The van der Waals surface area contributed by atoms with Gasteiger partial charge in [0.2, 0.25) is 0 Å². The first-order valence-electron chi connectivity index (χ1n) is 6.14. The SMILES string of the molecule is Cc1cc(C)cc(-n2c(=S)[nH]c3cc(I)c(F)cc32)c1. The zero-order valence-electron chi connectivity index (χ0n) is 11.0. The van der Waals surface area contributed by atoms with Crippen molar-refractivity contribution in [3.63, 3.8) is 0 Å². The first kappa shape index (κ1) is 13.8. The lowest BCUT2D eigenvalue weighted by molar-refractivity contribution is 0.622. The highest BCUT2D eigenvalue weighted by molar-refractivity contribution is 14.1. The van der Waals surface area contributed by atoms with Crippen molar-refractivity contribution >= 4 is 45.8 Å². The van der Waals surface area contributed by atoms with Crippen molar-refractivity contribution in [2.45, 2.75) is 13.8 Å². The van der Waals surface area contributed by atoms with E-state index in [0.717, 1.165) is 27.8 Å². The third-order valence-electron chi connectivity index (χ3n) is 3.19. The van der Waals surface area contributed by atoms with E-state index in [1.54, 1.807) is 6.07 Å². The maximum Gasteiger partial charge on any atom is 0.182 e. The number of fused-ring (bicyclic) bond motifs is 1. The molecule has 5 heteroatoms. The number of aryl methyl sites for hydroxylation is 2. The second-order valence-corrected chi connectivity index (χ2v) is 6.44. The van der Waals surface area contributed by atoms with E-state index in [4.69, 9.17) is 12.2 Å². The number of aromatic amines is 1. The molecule has 1 heterocycles. The Morgan fingerprint density at radius 2 is 1.75 bits per heavy atom. The lowest BCUT2D eigenvalue weighted by Crippen LogP contribution is -1.96. The minimum absolute atomic E-state index is 0.231. The molecule has 0 amide bonds. The zero-order valence-corrected chi connectivity index (χ0v) is 14.0. The van der Waals surface area contributed by atoms with Gasteiger partial charge in [-0.3, -0.25) is 4.57 Å². The molecule has 0 bridgehead atoms. The van der Waals surface area contributed by atoms with Gasteiger partial charge in [0.1, 0.15) is 5.82 Å². The average molecular weight is 398 g/mol. The van der Waals surface area contributed by atoms with E-state index in [0.29, 0.717) is 8.34 Å². The van der Waals surface area contributed by atoms with Crippen LogP contribution in [0, 0.1) is 28.0 Å². The minimum Gasteiger partial charge on any atom is -0.330 e. The molecule has 20 heavy (non-hydrogen) atoms. The topological polar surface area (TPSA) is 20.7 Å². The van der Waals surface area contributed by atoms with Gasteiger partial charge < -0.3 is 4.98 Å². The van der Waals surface area contributed by atoms with Crippen LogP contribution in [-0.2, 0) is 0 Å². The van der Waals surface area contributed by atoms with Crippen molar-refractivity contribution in [2.24, 2.45) is 0 Å². The normalized spacial score (nSPS) is 11.2. The largest absolute Gasteiger partial charge is 0.330 e. The number of hydrogen-bond acceptors (Lipinski definition) is 1. The highest BCUT2D eigenvalue weighted by atomic mass is 127. The summed E-state index contributed by atoms with van der Waals surface area (Å²) in [5.41, 5.74) is 4.88. The standard InChI is InChI=1S/C15H12FIN2S/c1-8-3-9(2)5-10(4-8)19-14-6-11(16)12(17)7-13(14)18-15(19)20/h3-7H,1-2H3,(H,18,20). The number of imidazole rings is 1. The van der Waals surface area contributed by atoms with Gasteiger partial charge >= 0.3 is 0 Å². The molecule has 0 aliphatic rings. The van der Waals surface area contributed by atoms with Gasteiger partial charge in [0, 0.05) is 11.8 Å². The van der Waals surface area contributed by atoms with Crippen LogP contribution in [0.3, 0.4) is 0 Å². The molecule has 0 unspecified atom stereocenters. The van der Waals surface area contributed by atoms with Crippen LogP contribution in [0.4, 0.5) is 4.39 Å². The number of nitrogens with one attached hydrogen (secondary N) is 1. The molecule has 2 aromatic carbocycles. The van der Waals surface area contributed by atoms with E-state index in [1.807, 2.05) is 53.1 Å². The first-order chi connectivity index (χ1) is 9.45. The third kappa shape index (κ3) is 2.29. The summed E-state index contributed by atoms with van der Waals surface area (Å²) in [6, 6.07) is 9.50. The monoisotopic (exact) mass is 398 g/mol. The van der Waals surface area contributed by atoms with Gasteiger partial charge in [0.05, 0.1) is 14.6 Å². The number of halogens is 2. The molecule has 1 N–H and O–H groups in total. The Labute approximate surface area is 134 Å². The lowest BCUT2D eigenvalue weighted by atomic mass is 10.1. The van der Waals surface area contributed by atoms with Crippen LogP contribution in [-0.4, -0.2) is 9.55 Å². The van der Waals surface area contributed by atoms with Gasteiger partial charge in [-0.15, -0.1) is 0 Å². The second kappa shape index (κ2) is 4.96. The van der Waals surface area contributed by atoms with Crippen LogP contribution in [0.2, 0.25) is 0 Å². The van der Waals surface area contributed by atoms with Crippen molar-refractivity contribution in [3.8, 4) is 5.69 Å². The summed E-state index contributed by atoms with van der Waals surface area (Å²) in [5, 5.41) is 0. The lowest BCUT2D eigenvalue weighted by Gasteiger charge is -2.08. The Morgan fingerprint density at radius 1 is 1.10 bits per heavy atom. The van der Waals surface area contributed by atoms with Gasteiger partial charge in [-0.25, -0.2) is 4.39 Å². The molecule has 0 aliphatic heterocycles. The maximum atomic E-state index is 13.8.